The van der Waals surface area contributed by atoms with Crippen LogP contribution in [0.4, 0.5) is 22.0 Å². The van der Waals surface area contributed by atoms with Crippen molar-refractivity contribution in [3.8, 4) is 121 Å². The molecule has 19 rings (SSSR count). The van der Waals surface area contributed by atoms with Crippen LogP contribution in [0.3, 0.4) is 0 Å². The fourth-order valence-corrected chi connectivity index (χ4v) is 15.0. The predicted molar refractivity (Wildman–Crippen MR) is 475 cm³/mol. The Hall–Kier alpha value is -17.6. The van der Waals surface area contributed by atoms with Crippen molar-refractivity contribution in [3.63, 3.8) is 0 Å². The number of alkyl halides is 4. The monoisotopic (exact) mass is 1720 g/mol. The Kier molecular flexibility index (Phi) is 24.0. The summed E-state index contributed by atoms with van der Waals surface area (Å²) in [6, 6.07) is 73.8. The first-order valence-electron chi connectivity index (χ1n) is 39.5. The van der Waals surface area contributed by atoms with E-state index >= 15 is 0 Å². The largest absolute Gasteiger partial charge is 0.493 e. The van der Waals surface area contributed by atoms with Gasteiger partial charge in [-0.25, -0.2) is 4.39 Å². The van der Waals surface area contributed by atoms with Gasteiger partial charge in [-0.2, -0.15) is 64.3 Å². The molecular formula is C99H70F5N17O8. The van der Waals surface area contributed by atoms with E-state index in [0.29, 0.717) is 84.0 Å². The normalized spacial score (nSPS) is 11.1. The number of fused-ring (bicyclic) bond motifs is 12. The lowest BCUT2D eigenvalue weighted by atomic mass is 10.0. The molecule has 0 spiro atoms. The minimum absolute atomic E-state index is 0.0751. The molecule has 0 unspecified atom stereocenters. The average Bonchev–Trinajstić information content (AvgIpc) is 1.64. The molecule has 0 bridgehead atoms. The molecular weight excluding hydrogens is 1650 g/mol. The third-order valence-corrected chi connectivity index (χ3v) is 21.4. The second kappa shape index (κ2) is 36.5. The minimum Gasteiger partial charge on any atom is -0.493 e. The summed E-state index contributed by atoms with van der Waals surface area (Å²) in [6.07, 6.45) is 3.35. The van der Waals surface area contributed by atoms with Gasteiger partial charge < -0.3 is 37.9 Å². The van der Waals surface area contributed by atoms with Crippen molar-refractivity contribution >= 4 is 87.2 Å². The molecule has 19 aromatic rings. The zero-order valence-corrected chi connectivity index (χ0v) is 69.9. The van der Waals surface area contributed by atoms with Gasteiger partial charge >= 0.3 is 12.7 Å². The lowest BCUT2D eigenvalue weighted by Gasteiger charge is -2.20. The minimum atomic E-state index is -3.57. The molecule has 0 radical (unpaired) electrons. The highest BCUT2D eigenvalue weighted by atomic mass is 19.3. The second-order valence-electron chi connectivity index (χ2n) is 29.1. The van der Waals surface area contributed by atoms with Crippen molar-refractivity contribution in [2.75, 3.05) is 28.4 Å². The number of nitriles is 5. The Morgan fingerprint density at radius 1 is 0.357 bits per heavy atom. The first-order chi connectivity index (χ1) is 62.6. The van der Waals surface area contributed by atoms with Crippen LogP contribution in [0.15, 0.2) is 249 Å². The van der Waals surface area contributed by atoms with Crippen molar-refractivity contribution in [3.05, 3.63) is 300 Å². The molecule has 0 amide bonds. The molecule has 11 aromatic carbocycles. The van der Waals surface area contributed by atoms with Gasteiger partial charge in [0.2, 0.25) is 0 Å². The molecule has 0 saturated heterocycles. The Labute approximate surface area is 732 Å². The Morgan fingerprint density at radius 2 is 0.674 bits per heavy atom. The smallest absolute Gasteiger partial charge is 0.426 e. The van der Waals surface area contributed by atoms with Crippen molar-refractivity contribution in [1.82, 2.24) is 59.1 Å². The number of aryl methyl sites for hydroxylation is 4. The summed E-state index contributed by atoms with van der Waals surface area (Å²) in [5.41, 5.74) is 16.2. The number of benzene rings is 11. The Morgan fingerprint density at radius 3 is 1.02 bits per heavy atom. The number of pyridine rings is 4. The summed E-state index contributed by atoms with van der Waals surface area (Å²) in [5.74, 6) is 2.04. The van der Waals surface area contributed by atoms with E-state index < -0.39 is 12.7 Å². The lowest BCUT2D eigenvalue weighted by molar-refractivity contribution is -0.186. The van der Waals surface area contributed by atoms with E-state index in [1.165, 1.54) is 62.8 Å². The molecule has 0 aliphatic heterocycles. The molecule has 8 heterocycles. The van der Waals surface area contributed by atoms with E-state index in [4.69, 9.17) is 64.4 Å². The number of hydrogen-bond acceptors (Lipinski definition) is 21. The quantitative estimate of drug-likeness (QED) is 0.0679. The highest BCUT2D eigenvalue weighted by Crippen LogP contribution is 2.46. The molecule has 8 aromatic heterocycles. The third-order valence-electron chi connectivity index (χ3n) is 21.4. The standard InChI is InChI=1S/C27H19N5O2.C26H18F2N4O2.C26H19FN4O2.C20H14F2N4O2/c1-32-23-15-30-22-12-24(33-2)25(34-16-20-6-4-3-5-19(20)14-29)11-21(22)26(23)27(31-32)18-9-7-17(13-28)8-10-18;1-32-21-15-30-20-13-22(33-2)23(34-26(27,28)18-6-4-3-5-7-18)12-19(20)24(21)25(31-32)17-10-8-16(14-29)9-11-17;1-31-22-14-29-21-12-23(32-2)24(33-15-17-5-9-19(27)10-6-17)11-20(21)25(22)26(30-31)18-7-3-16(13-28)4-8-18;1-26-15-10-24-14-8-16(27-2)17(28-20(21)22)7-13(14)18(15)19(25-26)12-5-3-11(9-23)4-6-12/h3-12,15H,16H2,1-2H3;3-13,15H,1-2H3;3-12,14H,15H2,1-2H3;3-8,10,20H,1-2H3. The maximum absolute atomic E-state index is 15.0. The first kappa shape index (κ1) is 85.0. The maximum atomic E-state index is 15.0. The SMILES string of the molecule is COc1cc2ncc3c(c(-c4ccc(C#N)cc4)nn3C)c2cc1OC(F)(F)c1ccccc1.COc1cc2ncc3c(c(-c4ccc(C#N)cc4)nn3C)c2cc1OC(F)F.COc1cc2ncc3c(c(-c4ccc(C#N)cc4)nn3C)c2cc1OCc1ccc(F)cc1.COc1cc2ncc3c(c(-c4ccc(C#N)cc4)nn3C)c2cc1OCc1ccccc1C#N. The highest BCUT2D eigenvalue weighted by Gasteiger charge is 2.36. The molecule has 634 valence electrons. The molecule has 0 atom stereocenters. The summed E-state index contributed by atoms with van der Waals surface area (Å²) < 4.78 is 119. The van der Waals surface area contributed by atoms with Crippen molar-refractivity contribution < 1.29 is 59.8 Å². The zero-order chi connectivity index (χ0) is 90.3. The van der Waals surface area contributed by atoms with E-state index in [1.54, 1.807) is 181 Å². The molecule has 0 aliphatic rings. The Balaban J connectivity index is 0.000000126. The summed E-state index contributed by atoms with van der Waals surface area (Å²) in [7, 11) is 13.3. The van der Waals surface area contributed by atoms with Gasteiger partial charge in [0.15, 0.2) is 46.0 Å². The van der Waals surface area contributed by atoms with Crippen LogP contribution in [-0.4, -0.2) is 94.1 Å². The van der Waals surface area contributed by atoms with Gasteiger partial charge in [0, 0.05) is 123 Å². The molecule has 129 heavy (non-hydrogen) atoms. The fourth-order valence-electron chi connectivity index (χ4n) is 15.0. The zero-order valence-electron chi connectivity index (χ0n) is 69.9. The van der Waals surface area contributed by atoms with E-state index in [9.17, 15) is 27.2 Å². The number of ether oxygens (including phenoxy) is 8. The van der Waals surface area contributed by atoms with Crippen molar-refractivity contribution in [2.24, 2.45) is 28.2 Å². The van der Waals surface area contributed by atoms with Crippen LogP contribution in [0.2, 0.25) is 0 Å². The fraction of sp³-hybridized carbons (Fsp3) is 0.121. The number of methoxy groups -OCH3 is 4. The van der Waals surface area contributed by atoms with Gasteiger partial charge in [-0.1, -0.05) is 97.1 Å². The average molecular weight is 1720 g/mol. The second-order valence-corrected chi connectivity index (χ2v) is 29.1. The summed E-state index contributed by atoms with van der Waals surface area (Å²) >= 11 is 0. The number of halogens is 5. The summed E-state index contributed by atoms with van der Waals surface area (Å²) in [4.78, 5) is 18.1. The van der Waals surface area contributed by atoms with Gasteiger partial charge in [-0.3, -0.25) is 38.7 Å². The molecule has 0 saturated carbocycles. The first-order valence-corrected chi connectivity index (χ1v) is 39.5. The summed E-state index contributed by atoms with van der Waals surface area (Å²) in [6.45, 7) is -2.49. The molecule has 30 heteroatoms. The van der Waals surface area contributed by atoms with Gasteiger partial charge in [-0.15, -0.1) is 0 Å². The van der Waals surface area contributed by atoms with Crippen LogP contribution in [0.25, 0.3) is 132 Å². The molecule has 0 aliphatic carbocycles. The van der Waals surface area contributed by atoms with Crippen molar-refractivity contribution in [1.29, 1.82) is 26.3 Å². The predicted octanol–water partition coefficient (Wildman–Crippen LogP) is 20.6. The molecule has 25 nitrogen and oxygen atoms in total. The lowest BCUT2D eigenvalue weighted by Crippen LogP contribution is -2.22. The van der Waals surface area contributed by atoms with Crippen LogP contribution < -0.4 is 37.9 Å². The Bertz CT molecular complexity index is 7750. The topological polar surface area (TPSA) is 316 Å². The van der Waals surface area contributed by atoms with Crippen molar-refractivity contribution in [2.45, 2.75) is 25.9 Å². The number of hydrogen-bond donors (Lipinski definition) is 0. The summed E-state index contributed by atoms with van der Waals surface area (Å²) in [5, 5.41) is 70.7. The maximum Gasteiger partial charge on any atom is 0.426 e. The van der Waals surface area contributed by atoms with Gasteiger partial charge in [-0.05, 0) is 109 Å². The van der Waals surface area contributed by atoms with Gasteiger partial charge in [0.25, 0.3) is 0 Å². The van der Waals surface area contributed by atoms with Crippen LogP contribution in [0.1, 0.15) is 44.5 Å². The molecule has 0 fully saturated rings. The van der Waals surface area contributed by atoms with E-state index in [1.807, 2.05) is 80.8 Å². The third kappa shape index (κ3) is 17.2. The van der Waals surface area contributed by atoms with Crippen LogP contribution >= 0.6 is 0 Å². The highest BCUT2D eigenvalue weighted by molar-refractivity contribution is 6.15. The number of nitrogens with zero attached hydrogens (tertiary/aromatic N) is 17. The van der Waals surface area contributed by atoms with E-state index in [-0.39, 0.29) is 47.6 Å². The number of rotatable bonds is 19. The van der Waals surface area contributed by atoms with Crippen LogP contribution in [0, 0.1) is 62.5 Å². The van der Waals surface area contributed by atoms with Crippen LogP contribution in [-0.2, 0) is 47.5 Å². The van der Waals surface area contributed by atoms with Crippen LogP contribution in [0.5, 0.6) is 46.0 Å². The van der Waals surface area contributed by atoms with E-state index in [2.05, 4.69) is 65.2 Å². The van der Waals surface area contributed by atoms with Gasteiger partial charge in [0.05, 0.1) is 161 Å². The molecule has 0 N–H and O–H groups in total. The van der Waals surface area contributed by atoms with E-state index in [0.717, 1.165) is 110 Å². The van der Waals surface area contributed by atoms with Gasteiger partial charge in [0.1, 0.15) is 41.8 Å². The number of aromatic nitrogens is 12.